The van der Waals surface area contributed by atoms with E-state index in [9.17, 15) is 22.8 Å². The third kappa shape index (κ3) is 5.13. The normalized spacial score (nSPS) is 17.7. The standard InChI is InChI=1S/C25H26F3N7O2/c1-16-14-29-24(30-15-16)34-10-8-33(9-11-34)22(36)7-6-18-12-17-4-2-3-5-20(17)35(18)21-13-19(25(26,27)28)23(37)32-31-21/h2-5,13-15,18H,6-12H2,1H3,(H,32,37)/t18-/m1/s1. The SMILES string of the molecule is Cc1cnc(N2CCN(C(=O)CC[C@@H]3Cc4ccccc4N3c3cc(C(F)(F)F)c(=O)[nH]n3)CC2)nc1. The molecule has 0 saturated carbocycles. The molecule has 5 rings (SSSR count). The smallest absolute Gasteiger partial charge is 0.339 e. The van der Waals surface area contributed by atoms with E-state index in [1.54, 1.807) is 28.3 Å². The number of fused-ring (bicyclic) bond motifs is 1. The van der Waals surface area contributed by atoms with E-state index in [-0.39, 0.29) is 24.2 Å². The number of para-hydroxylation sites is 1. The third-order valence-corrected chi connectivity index (χ3v) is 6.79. The summed E-state index contributed by atoms with van der Waals surface area (Å²) >= 11 is 0. The van der Waals surface area contributed by atoms with Crippen molar-refractivity contribution in [1.29, 1.82) is 0 Å². The first-order valence-electron chi connectivity index (χ1n) is 12.1. The van der Waals surface area contributed by atoms with E-state index in [2.05, 4.69) is 15.1 Å². The van der Waals surface area contributed by atoms with Crippen LogP contribution in [0.25, 0.3) is 0 Å². The van der Waals surface area contributed by atoms with Crippen LogP contribution in [0.15, 0.2) is 47.5 Å². The maximum atomic E-state index is 13.4. The molecule has 1 aromatic carbocycles. The predicted octanol–water partition coefficient (Wildman–Crippen LogP) is 3.08. The quantitative estimate of drug-likeness (QED) is 0.560. The lowest BCUT2D eigenvalue weighted by atomic mass is 10.1. The molecule has 12 heteroatoms. The molecule has 0 spiro atoms. The average Bonchev–Trinajstić information content (AvgIpc) is 3.26. The molecular weight excluding hydrogens is 487 g/mol. The van der Waals surface area contributed by atoms with Gasteiger partial charge < -0.3 is 14.7 Å². The first kappa shape index (κ1) is 24.7. The zero-order valence-electron chi connectivity index (χ0n) is 20.2. The Kier molecular flexibility index (Phi) is 6.57. The minimum atomic E-state index is -4.80. The van der Waals surface area contributed by atoms with Crippen LogP contribution in [0, 0.1) is 6.92 Å². The van der Waals surface area contributed by atoms with Crippen LogP contribution in [0.1, 0.15) is 29.5 Å². The summed E-state index contributed by atoms with van der Waals surface area (Å²) in [7, 11) is 0. The molecular formula is C25H26F3N7O2. The number of rotatable bonds is 5. The summed E-state index contributed by atoms with van der Waals surface area (Å²) in [6.45, 7) is 4.25. The summed E-state index contributed by atoms with van der Waals surface area (Å²) in [6, 6.07) is 7.89. The molecule has 3 aromatic rings. The lowest BCUT2D eigenvalue weighted by molar-refractivity contribution is -0.138. The number of carbonyl (C=O) groups is 1. The highest BCUT2D eigenvalue weighted by molar-refractivity contribution is 5.77. The fraction of sp³-hybridized carbons (Fsp3) is 0.400. The van der Waals surface area contributed by atoms with Crippen LogP contribution in [0.2, 0.25) is 0 Å². The Balaban J connectivity index is 1.27. The van der Waals surface area contributed by atoms with Gasteiger partial charge in [-0.2, -0.15) is 18.3 Å². The first-order chi connectivity index (χ1) is 17.7. The highest BCUT2D eigenvalue weighted by Gasteiger charge is 2.37. The fourth-order valence-corrected chi connectivity index (χ4v) is 4.88. The van der Waals surface area contributed by atoms with Crippen LogP contribution in [-0.2, 0) is 17.4 Å². The van der Waals surface area contributed by atoms with Gasteiger partial charge in [0.1, 0.15) is 5.56 Å². The maximum absolute atomic E-state index is 13.4. The van der Waals surface area contributed by atoms with E-state index in [1.165, 1.54) is 0 Å². The van der Waals surface area contributed by atoms with Crippen molar-refractivity contribution in [2.24, 2.45) is 0 Å². The van der Waals surface area contributed by atoms with Gasteiger partial charge in [0.05, 0.1) is 0 Å². The summed E-state index contributed by atoms with van der Waals surface area (Å²) in [5, 5.41) is 5.90. The van der Waals surface area contributed by atoms with Crippen LogP contribution in [0.3, 0.4) is 0 Å². The summed E-state index contributed by atoms with van der Waals surface area (Å²) in [6.07, 6.45) is -0.0469. The zero-order chi connectivity index (χ0) is 26.2. The van der Waals surface area contributed by atoms with E-state index in [1.807, 2.05) is 35.1 Å². The summed E-state index contributed by atoms with van der Waals surface area (Å²) in [5.74, 6) is 0.635. The number of amides is 1. The second-order valence-corrected chi connectivity index (χ2v) is 9.29. The Morgan fingerprint density at radius 3 is 2.51 bits per heavy atom. The number of nitrogens with zero attached hydrogens (tertiary/aromatic N) is 6. The van der Waals surface area contributed by atoms with Crippen LogP contribution in [0.4, 0.5) is 30.6 Å². The van der Waals surface area contributed by atoms with Crippen LogP contribution in [-0.4, -0.2) is 63.2 Å². The van der Waals surface area contributed by atoms with Gasteiger partial charge >= 0.3 is 6.18 Å². The molecule has 2 aliphatic rings. The number of hydrogen-bond donors (Lipinski definition) is 1. The van der Waals surface area contributed by atoms with E-state index in [4.69, 9.17) is 0 Å². The molecule has 0 unspecified atom stereocenters. The number of aromatic nitrogens is 4. The van der Waals surface area contributed by atoms with Gasteiger partial charge in [0.15, 0.2) is 5.82 Å². The van der Waals surface area contributed by atoms with Crippen molar-refractivity contribution in [1.82, 2.24) is 25.1 Å². The van der Waals surface area contributed by atoms with Gasteiger partial charge in [0.25, 0.3) is 5.56 Å². The number of aromatic amines is 1. The number of piperazine rings is 1. The number of H-pyrrole nitrogens is 1. The van der Waals surface area contributed by atoms with Gasteiger partial charge in [-0.15, -0.1) is 0 Å². The van der Waals surface area contributed by atoms with Gasteiger partial charge in [-0.05, 0) is 37.0 Å². The Morgan fingerprint density at radius 2 is 1.81 bits per heavy atom. The number of benzene rings is 1. The number of alkyl halides is 3. The maximum Gasteiger partial charge on any atom is 0.421 e. The van der Waals surface area contributed by atoms with E-state index < -0.39 is 17.3 Å². The third-order valence-electron chi connectivity index (χ3n) is 6.79. The minimum Gasteiger partial charge on any atom is -0.339 e. The molecule has 0 radical (unpaired) electrons. The van der Waals surface area contributed by atoms with Crippen molar-refractivity contribution in [2.45, 2.75) is 38.4 Å². The molecule has 1 amide bonds. The largest absolute Gasteiger partial charge is 0.421 e. The van der Waals surface area contributed by atoms with Crippen molar-refractivity contribution in [3.05, 3.63) is 69.8 Å². The van der Waals surface area contributed by atoms with Crippen molar-refractivity contribution in [3.63, 3.8) is 0 Å². The van der Waals surface area contributed by atoms with E-state index >= 15 is 0 Å². The molecule has 1 N–H and O–H groups in total. The number of aryl methyl sites for hydroxylation is 1. The lowest BCUT2D eigenvalue weighted by Gasteiger charge is -2.35. The van der Waals surface area contributed by atoms with Gasteiger partial charge in [-0.3, -0.25) is 9.59 Å². The van der Waals surface area contributed by atoms with E-state index in [0.717, 1.165) is 22.9 Å². The van der Waals surface area contributed by atoms with Crippen molar-refractivity contribution in [3.8, 4) is 0 Å². The van der Waals surface area contributed by atoms with Crippen LogP contribution in [0.5, 0.6) is 0 Å². The summed E-state index contributed by atoms with van der Waals surface area (Å²) < 4.78 is 40.2. The number of halogens is 3. The zero-order valence-corrected chi connectivity index (χ0v) is 20.2. The second-order valence-electron chi connectivity index (χ2n) is 9.29. The summed E-state index contributed by atoms with van der Waals surface area (Å²) in [5.41, 5.74) is 0.0673. The first-order valence-corrected chi connectivity index (χ1v) is 12.1. The predicted molar refractivity (Wildman–Crippen MR) is 131 cm³/mol. The van der Waals surface area contributed by atoms with Crippen molar-refractivity contribution < 1.29 is 18.0 Å². The van der Waals surface area contributed by atoms with Gasteiger partial charge in [-0.1, -0.05) is 18.2 Å². The Bertz CT molecular complexity index is 1340. The molecule has 1 atom stereocenters. The Labute approximate surface area is 210 Å². The number of nitrogens with one attached hydrogen (secondary N) is 1. The molecule has 194 valence electrons. The number of anilines is 3. The van der Waals surface area contributed by atoms with Gasteiger partial charge in [-0.25, -0.2) is 15.1 Å². The fourth-order valence-electron chi connectivity index (χ4n) is 4.88. The molecule has 1 fully saturated rings. The van der Waals surface area contributed by atoms with Crippen LogP contribution >= 0.6 is 0 Å². The number of carbonyl (C=O) groups excluding carboxylic acids is 1. The van der Waals surface area contributed by atoms with Crippen molar-refractivity contribution in [2.75, 3.05) is 36.0 Å². The molecule has 0 aliphatic carbocycles. The molecule has 2 aliphatic heterocycles. The van der Waals surface area contributed by atoms with Crippen molar-refractivity contribution >= 4 is 23.4 Å². The minimum absolute atomic E-state index is 0.000959. The van der Waals surface area contributed by atoms with Crippen LogP contribution < -0.4 is 15.4 Å². The van der Waals surface area contributed by atoms with E-state index in [0.29, 0.717) is 45.0 Å². The molecule has 9 nitrogen and oxygen atoms in total. The molecule has 2 aromatic heterocycles. The second kappa shape index (κ2) is 9.83. The molecule has 1 saturated heterocycles. The molecule has 4 heterocycles. The highest BCUT2D eigenvalue weighted by Crippen LogP contribution is 2.40. The monoisotopic (exact) mass is 513 g/mol. The highest BCUT2D eigenvalue weighted by atomic mass is 19.4. The molecule has 0 bridgehead atoms. The average molecular weight is 514 g/mol. The molecule has 37 heavy (non-hydrogen) atoms. The topological polar surface area (TPSA) is 98.3 Å². The Hall–Kier alpha value is -3.96. The lowest BCUT2D eigenvalue weighted by Crippen LogP contribution is -2.49. The number of hydrogen-bond acceptors (Lipinski definition) is 7. The Morgan fingerprint density at radius 1 is 1.11 bits per heavy atom. The van der Waals surface area contributed by atoms with Gasteiger partial charge in [0.2, 0.25) is 11.9 Å². The van der Waals surface area contributed by atoms with Gasteiger partial charge in [0, 0.05) is 62.8 Å². The summed E-state index contributed by atoms with van der Waals surface area (Å²) in [4.78, 5) is 39.0.